The molecule has 3 fully saturated rings. The first kappa shape index (κ1) is 28.8. The SMILES string of the molecule is O=C1N[C@@H]2CCC[C@H]2C(c2ccccc2)(C2CCN(CC3CN(c4ccc(C(F)(F)F)cc4)C3)CC2)Cn2ccnc2S1. The zero-order chi connectivity index (χ0) is 29.6. The number of carbonyl (C=O) groups excluding carboxylic acids is 1. The van der Waals surface area contributed by atoms with E-state index >= 15 is 0 Å². The van der Waals surface area contributed by atoms with Gasteiger partial charge in [0.15, 0.2) is 5.16 Å². The number of likely N-dealkylation sites (tertiary alicyclic amines) is 1. The van der Waals surface area contributed by atoms with Gasteiger partial charge in [-0.25, -0.2) is 4.98 Å². The molecule has 6 nitrogen and oxygen atoms in total. The quantitative estimate of drug-likeness (QED) is 0.350. The number of piperidine rings is 1. The molecule has 10 heteroatoms. The maximum atomic E-state index is 13.0. The zero-order valence-electron chi connectivity index (χ0n) is 24.2. The van der Waals surface area contributed by atoms with E-state index in [9.17, 15) is 18.0 Å². The molecule has 228 valence electrons. The van der Waals surface area contributed by atoms with E-state index in [-0.39, 0.29) is 16.7 Å². The molecule has 1 saturated carbocycles. The number of fused-ring (bicyclic) bond motifs is 2. The highest BCUT2D eigenvalue weighted by molar-refractivity contribution is 8.13. The summed E-state index contributed by atoms with van der Waals surface area (Å²) in [4.78, 5) is 22.3. The van der Waals surface area contributed by atoms with Gasteiger partial charge in [0.05, 0.1) is 5.56 Å². The first-order valence-corrected chi connectivity index (χ1v) is 16.3. The minimum atomic E-state index is -4.30. The number of benzene rings is 2. The molecule has 1 aromatic heterocycles. The van der Waals surface area contributed by atoms with Crippen molar-refractivity contribution in [2.75, 3.05) is 37.6 Å². The molecule has 4 heterocycles. The molecular formula is C33H38F3N5OS. The van der Waals surface area contributed by atoms with E-state index in [0.717, 1.165) is 82.2 Å². The van der Waals surface area contributed by atoms with Gasteiger partial charge in [-0.2, -0.15) is 13.2 Å². The lowest BCUT2D eigenvalue weighted by Crippen LogP contribution is -2.56. The third-order valence-electron chi connectivity index (χ3n) is 10.4. The molecule has 1 unspecified atom stereocenters. The highest BCUT2D eigenvalue weighted by Crippen LogP contribution is 2.52. The summed E-state index contributed by atoms with van der Waals surface area (Å²) in [5.41, 5.74) is 1.53. The lowest BCUT2D eigenvalue weighted by molar-refractivity contribution is -0.137. The Balaban J connectivity index is 1.07. The molecule has 3 aromatic rings. The van der Waals surface area contributed by atoms with Crippen LogP contribution >= 0.6 is 11.8 Å². The third kappa shape index (κ3) is 5.57. The van der Waals surface area contributed by atoms with Gasteiger partial charge in [0, 0.05) is 73.4 Å². The van der Waals surface area contributed by atoms with Crippen LogP contribution in [-0.2, 0) is 18.1 Å². The van der Waals surface area contributed by atoms with E-state index in [1.165, 1.54) is 29.5 Å². The number of nitrogens with one attached hydrogen (secondary N) is 1. The van der Waals surface area contributed by atoms with E-state index in [1.807, 2.05) is 12.4 Å². The second-order valence-corrected chi connectivity index (χ2v) is 13.8. The molecule has 0 bridgehead atoms. The van der Waals surface area contributed by atoms with Gasteiger partial charge in [0.1, 0.15) is 0 Å². The number of hydrogen-bond donors (Lipinski definition) is 1. The van der Waals surface area contributed by atoms with Crippen molar-refractivity contribution in [3.63, 3.8) is 0 Å². The average molecular weight is 610 g/mol. The number of hydrogen-bond acceptors (Lipinski definition) is 5. The number of aromatic nitrogens is 2. The van der Waals surface area contributed by atoms with Crippen molar-refractivity contribution in [1.29, 1.82) is 0 Å². The minimum Gasteiger partial charge on any atom is -0.371 e. The van der Waals surface area contributed by atoms with Crippen LogP contribution in [0.3, 0.4) is 0 Å². The molecule has 0 spiro atoms. The molecule has 0 radical (unpaired) electrons. The second kappa shape index (κ2) is 11.5. The Morgan fingerprint density at radius 2 is 1.72 bits per heavy atom. The highest BCUT2D eigenvalue weighted by Gasteiger charge is 2.52. The molecule has 1 N–H and O–H groups in total. The maximum Gasteiger partial charge on any atom is 0.416 e. The van der Waals surface area contributed by atoms with Crippen LogP contribution in [0.4, 0.5) is 23.7 Å². The molecule has 2 saturated heterocycles. The number of amides is 1. The Morgan fingerprint density at radius 3 is 2.44 bits per heavy atom. The van der Waals surface area contributed by atoms with Crippen molar-refractivity contribution < 1.29 is 18.0 Å². The molecule has 2 aromatic carbocycles. The molecule has 4 aliphatic rings. The van der Waals surface area contributed by atoms with Crippen LogP contribution in [0.25, 0.3) is 0 Å². The fourth-order valence-electron chi connectivity index (χ4n) is 8.41. The third-order valence-corrected chi connectivity index (χ3v) is 11.3. The van der Waals surface area contributed by atoms with Crippen molar-refractivity contribution in [2.45, 2.75) is 61.4 Å². The number of anilines is 1. The fraction of sp³-hybridized carbons (Fsp3) is 0.515. The van der Waals surface area contributed by atoms with Crippen molar-refractivity contribution in [2.24, 2.45) is 17.8 Å². The van der Waals surface area contributed by atoms with Crippen LogP contribution in [0.1, 0.15) is 43.2 Å². The van der Waals surface area contributed by atoms with Crippen LogP contribution in [-0.4, -0.2) is 58.5 Å². The van der Waals surface area contributed by atoms with E-state index in [4.69, 9.17) is 0 Å². The minimum absolute atomic E-state index is 0.00568. The van der Waals surface area contributed by atoms with Gasteiger partial charge in [-0.1, -0.05) is 36.8 Å². The summed E-state index contributed by atoms with van der Waals surface area (Å²) in [5, 5.41) is 4.15. The van der Waals surface area contributed by atoms with Crippen LogP contribution in [0, 0.1) is 17.8 Å². The lowest BCUT2D eigenvalue weighted by atomic mass is 9.58. The molecule has 1 amide bonds. The number of imidazole rings is 1. The van der Waals surface area contributed by atoms with Crippen LogP contribution in [0.15, 0.2) is 72.1 Å². The number of rotatable bonds is 5. The summed E-state index contributed by atoms with van der Waals surface area (Å²) >= 11 is 1.21. The Kier molecular flexibility index (Phi) is 7.70. The fourth-order valence-corrected chi connectivity index (χ4v) is 9.14. The number of carbonyl (C=O) groups is 1. The normalized spacial score (nSPS) is 27.4. The van der Waals surface area contributed by atoms with Gasteiger partial charge in [-0.05, 0) is 80.4 Å². The van der Waals surface area contributed by atoms with Crippen molar-refractivity contribution in [3.8, 4) is 0 Å². The Hall–Kier alpha value is -2.98. The van der Waals surface area contributed by atoms with E-state index in [1.54, 1.807) is 12.1 Å². The molecular weight excluding hydrogens is 571 g/mol. The number of thioether (sulfide) groups is 1. The van der Waals surface area contributed by atoms with E-state index in [0.29, 0.717) is 17.8 Å². The van der Waals surface area contributed by atoms with Gasteiger partial charge in [0.2, 0.25) is 0 Å². The Labute approximate surface area is 255 Å². The van der Waals surface area contributed by atoms with Gasteiger partial charge in [-0.15, -0.1) is 0 Å². The van der Waals surface area contributed by atoms with Crippen molar-refractivity contribution in [3.05, 3.63) is 78.1 Å². The predicted molar refractivity (Wildman–Crippen MR) is 162 cm³/mol. The number of nitrogens with zero attached hydrogens (tertiary/aromatic N) is 4. The van der Waals surface area contributed by atoms with Gasteiger partial charge in [-0.3, -0.25) is 4.79 Å². The Morgan fingerprint density at radius 1 is 0.977 bits per heavy atom. The molecule has 7 rings (SSSR count). The standard InChI is InChI=1S/C33H38F3N5OS/c34-33(35,36)26-9-11-27(12-10-26)41-20-23(21-41)19-39-16-13-25(14-17-39)32(24-5-2-1-3-6-24)22-40-18-15-37-30(40)43-31(42)38-29-8-4-7-28(29)32/h1-3,5-6,9-12,15,18,23,25,28-29H,4,7-8,13-14,16-17,19-22H2,(H,38,42)/t28-,29-,32?/m1/s1. The molecule has 1 aliphatic carbocycles. The Bertz CT molecular complexity index is 1420. The first-order valence-electron chi connectivity index (χ1n) is 15.5. The number of halogens is 3. The smallest absolute Gasteiger partial charge is 0.371 e. The monoisotopic (exact) mass is 609 g/mol. The summed E-state index contributed by atoms with van der Waals surface area (Å²) in [6.45, 7) is 5.67. The van der Waals surface area contributed by atoms with Crippen LogP contribution < -0.4 is 10.2 Å². The summed E-state index contributed by atoms with van der Waals surface area (Å²) in [6.07, 6.45) is 4.99. The largest absolute Gasteiger partial charge is 0.416 e. The summed E-state index contributed by atoms with van der Waals surface area (Å²) in [6, 6.07) is 16.7. The van der Waals surface area contributed by atoms with Gasteiger partial charge < -0.3 is 19.7 Å². The molecule has 43 heavy (non-hydrogen) atoms. The predicted octanol–water partition coefficient (Wildman–Crippen LogP) is 6.67. The first-order chi connectivity index (χ1) is 20.8. The van der Waals surface area contributed by atoms with E-state index in [2.05, 4.69) is 55.0 Å². The van der Waals surface area contributed by atoms with Gasteiger partial charge in [0.25, 0.3) is 5.24 Å². The zero-order valence-corrected chi connectivity index (χ0v) is 25.0. The van der Waals surface area contributed by atoms with Gasteiger partial charge >= 0.3 is 6.18 Å². The lowest BCUT2D eigenvalue weighted by Gasteiger charge is -2.51. The number of alkyl halides is 3. The van der Waals surface area contributed by atoms with Crippen LogP contribution in [0.2, 0.25) is 0 Å². The summed E-state index contributed by atoms with van der Waals surface area (Å²) < 4.78 is 41.1. The summed E-state index contributed by atoms with van der Waals surface area (Å²) in [5.74, 6) is 1.34. The van der Waals surface area contributed by atoms with Crippen molar-refractivity contribution >= 4 is 22.7 Å². The topological polar surface area (TPSA) is 53.4 Å². The summed E-state index contributed by atoms with van der Waals surface area (Å²) in [7, 11) is 0. The van der Waals surface area contributed by atoms with E-state index < -0.39 is 11.7 Å². The van der Waals surface area contributed by atoms with Crippen molar-refractivity contribution in [1.82, 2.24) is 19.8 Å². The van der Waals surface area contributed by atoms with Crippen LogP contribution in [0.5, 0.6) is 0 Å². The molecule has 3 atom stereocenters. The maximum absolute atomic E-state index is 13.0. The highest BCUT2D eigenvalue weighted by atomic mass is 32.2. The molecule has 3 aliphatic heterocycles. The average Bonchev–Trinajstić information content (AvgIpc) is 3.63. The second-order valence-electron chi connectivity index (χ2n) is 12.8.